The maximum Gasteiger partial charge on any atom is 0.120 e. The largest absolute Gasteiger partial charge is 0.490 e. The summed E-state index contributed by atoms with van der Waals surface area (Å²) in [5.41, 5.74) is 7.30. The Kier molecular flexibility index (Phi) is 4.19. The van der Waals surface area contributed by atoms with Crippen LogP contribution >= 0.6 is 11.6 Å². The summed E-state index contributed by atoms with van der Waals surface area (Å²) in [6.07, 6.45) is 0.332. The molecule has 4 heteroatoms. The number of halogens is 1. The molecule has 0 saturated heterocycles. The van der Waals surface area contributed by atoms with E-state index >= 15 is 0 Å². The number of hydrogen-bond donors (Lipinski definition) is 2. The lowest BCUT2D eigenvalue weighted by molar-refractivity contribution is 0.229. The number of hydrogen-bond acceptors (Lipinski definition) is 2. The van der Waals surface area contributed by atoms with Gasteiger partial charge >= 0.3 is 0 Å². The van der Waals surface area contributed by atoms with E-state index in [-0.39, 0.29) is 11.9 Å². The highest BCUT2D eigenvalue weighted by atomic mass is 35.5. The standard InChI is InChI=1S/C12H17ClN2O/c1-7-4-10(5-8(2)12(7)13)16-9(3)6-11(14)15/h4-5,9H,6H2,1-3H3,(H3,14,15). The number of nitrogens with one attached hydrogen (secondary N) is 1. The fraction of sp³-hybridized carbons (Fsp3) is 0.417. The van der Waals surface area contributed by atoms with Crippen molar-refractivity contribution >= 4 is 17.4 Å². The molecule has 1 rings (SSSR count). The van der Waals surface area contributed by atoms with Crippen LogP contribution in [0.3, 0.4) is 0 Å². The summed E-state index contributed by atoms with van der Waals surface area (Å²) < 4.78 is 5.66. The summed E-state index contributed by atoms with van der Waals surface area (Å²) in [7, 11) is 0. The molecule has 0 radical (unpaired) electrons. The monoisotopic (exact) mass is 240 g/mol. The predicted molar refractivity (Wildman–Crippen MR) is 67.5 cm³/mol. The van der Waals surface area contributed by atoms with Crippen molar-refractivity contribution in [1.29, 1.82) is 5.41 Å². The normalized spacial score (nSPS) is 12.2. The van der Waals surface area contributed by atoms with Crippen molar-refractivity contribution in [2.75, 3.05) is 0 Å². The average Bonchev–Trinajstić information content (AvgIpc) is 2.12. The molecule has 0 saturated carbocycles. The van der Waals surface area contributed by atoms with Gasteiger partial charge in [-0.05, 0) is 44.0 Å². The molecule has 0 aliphatic rings. The van der Waals surface area contributed by atoms with Gasteiger partial charge in [0.2, 0.25) is 0 Å². The van der Waals surface area contributed by atoms with Gasteiger partial charge in [0.1, 0.15) is 11.9 Å². The van der Waals surface area contributed by atoms with Crippen LogP contribution in [-0.4, -0.2) is 11.9 Å². The first-order valence-electron chi connectivity index (χ1n) is 5.16. The molecule has 16 heavy (non-hydrogen) atoms. The molecule has 0 amide bonds. The fourth-order valence-corrected chi connectivity index (χ4v) is 1.67. The Hall–Kier alpha value is -1.22. The minimum Gasteiger partial charge on any atom is -0.490 e. The van der Waals surface area contributed by atoms with Gasteiger partial charge in [0.05, 0.1) is 5.84 Å². The van der Waals surface area contributed by atoms with Gasteiger partial charge in [0.15, 0.2) is 0 Å². The molecule has 0 aliphatic carbocycles. The van der Waals surface area contributed by atoms with Crippen molar-refractivity contribution in [3.63, 3.8) is 0 Å². The van der Waals surface area contributed by atoms with E-state index in [9.17, 15) is 0 Å². The topological polar surface area (TPSA) is 59.1 Å². The first-order chi connectivity index (χ1) is 7.40. The molecule has 0 aromatic heterocycles. The minimum absolute atomic E-state index is 0.0996. The lowest BCUT2D eigenvalue weighted by atomic mass is 10.1. The number of ether oxygens (including phenoxy) is 1. The molecule has 1 aromatic rings. The highest BCUT2D eigenvalue weighted by molar-refractivity contribution is 6.32. The van der Waals surface area contributed by atoms with E-state index in [1.165, 1.54) is 0 Å². The van der Waals surface area contributed by atoms with Crippen molar-refractivity contribution < 1.29 is 4.74 Å². The average molecular weight is 241 g/mol. The molecule has 1 aromatic carbocycles. The van der Waals surface area contributed by atoms with Crippen LogP contribution < -0.4 is 10.5 Å². The molecule has 0 aliphatic heterocycles. The van der Waals surface area contributed by atoms with E-state index in [4.69, 9.17) is 27.5 Å². The Labute approximate surface area is 101 Å². The predicted octanol–water partition coefficient (Wildman–Crippen LogP) is 3.05. The van der Waals surface area contributed by atoms with Crippen LogP contribution in [0.4, 0.5) is 0 Å². The Bertz CT molecular complexity index is 381. The fourth-order valence-electron chi connectivity index (χ4n) is 1.56. The lowest BCUT2D eigenvalue weighted by Crippen LogP contribution is -2.21. The van der Waals surface area contributed by atoms with Gasteiger partial charge in [-0.1, -0.05) is 11.6 Å². The van der Waals surface area contributed by atoms with Crippen LogP contribution in [0.5, 0.6) is 5.75 Å². The number of aryl methyl sites for hydroxylation is 2. The maximum atomic E-state index is 7.19. The van der Waals surface area contributed by atoms with Crippen LogP contribution in [0.2, 0.25) is 5.02 Å². The second-order valence-electron chi connectivity index (χ2n) is 4.03. The third-order valence-electron chi connectivity index (χ3n) is 2.25. The minimum atomic E-state index is -0.0996. The van der Waals surface area contributed by atoms with E-state index in [1.807, 2.05) is 32.9 Å². The zero-order chi connectivity index (χ0) is 12.3. The number of amidine groups is 1. The van der Waals surface area contributed by atoms with Crippen molar-refractivity contribution in [2.24, 2.45) is 5.73 Å². The number of benzene rings is 1. The van der Waals surface area contributed by atoms with Gasteiger partial charge < -0.3 is 10.5 Å². The Morgan fingerprint density at radius 2 is 1.94 bits per heavy atom. The molecule has 0 heterocycles. The van der Waals surface area contributed by atoms with Crippen LogP contribution in [0.25, 0.3) is 0 Å². The molecule has 3 nitrogen and oxygen atoms in total. The Morgan fingerprint density at radius 3 is 2.38 bits per heavy atom. The smallest absolute Gasteiger partial charge is 0.120 e. The number of nitrogens with two attached hydrogens (primary N) is 1. The second-order valence-corrected chi connectivity index (χ2v) is 4.41. The summed E-state index contributed by atoms with van der Waals surface area (Å²) in [5.74, 6) is 0.906. The van der Waals surface area contributed by atoms with Gasteiger partial charge in [-0.3, -0.25) is 5.41 Å². The molecule has 3 N–H and O–H groups in total. The number of rotatable bonds is 4. The van der Waals surface area contributed by atoms with Gasteiger partial charge in [-0.15, -0.1) is 0 Å². The van der Waals surface area contributed by atoms with E-state index in [0.29, 0.717) is 6.42 Å². The quantitative estimate of drug-likeness (QED) is 0.628. The van der Waals surface area contributed by atoms with Crippen molar-refractivity contribution in [2.45, 2.75) is 33.3 Å². The summed E-state index contributed by atoms with van der Waals surface area (Å²) in [6.45, 7) is 5.77. The van der Waals surface area contributed by atoms with Crippen molar-refractivity contribution in [3.05, 3.63) is 28.3 Å². The van der Waals surface area contributed by atoms with Crippen molar-refractivity contribution in [3.8, 4) is 5.75 Å². The molecule has 0 bridgehead atoms. The molecular weight excluding hydrogens is 224 g/mol. The zero-order valence-corrected chi connectivity index (χ0v) is 10.6. The molecule has 1 unspecified atom stereocenters. The zero-order valence-electron chi connectivity index (χ0n) is 9.80. The van der Waals surface area contributed by atoms with Crippen LogP contribution in [0, 0.1) is 19.3 Å². The van der Waals surface area contributed by atoms with Gasteiger partial charge in [-0.2, -0.15) is 0 Å². The van der Waals surface area contributed by atoms with Gasteiger partial charge in [-0.25, -0.2) is 0 Å². The third-order valence-corrected chi connectivity index (χ3v) is 2.85. The van der Waals surface area contributed by atoms with Crippen LogP contribution in [-0.2, 0) is 0 Å². The van der Waals surface area contributed by atoms with E-state index in [0.717, 1.165) is 21.9 Å². The van der Waals surface area contributed by atoms with Crippen molar-refractivity contribution in [1.82, 2.24) is 0 Å². The maximum absolute atomic E-state index is 7.19. The Balaban J connectivity index is 2.78. The molecule has 1 atom stereocenters. The Morgan fingerprint density at radius 1 is 1.44 bits per heavy atom. The second kappa shape index (κ2) is 5.21. The molecule has 0 spiro atoms. The first kappa shape index (κ1) is 12.8. The summed E-state index contributed by atoms with van der Waals surface area (Å²) in [5, 5.41) is 7.96. The molecule has 88 valence electrons. The van der Waals surface area contributed by atoms with Crippen LogP contribution in [0.15, 0.2) is 12.1 Å². The van der Waals surface area contributed by atoms with Gasteiger partial charge in [0, 0.05) is 11.4 Å². The van der Waals surface area contributed by atoms with E-state index in [1.54, 1.807) is 0 Å². The van der Waals surface area contributed by atoms with Crippen LogP contribution in [0.1, 0.15) is 24.5 Å². The van der Waals surface area contributed by atoms with E-state index < -0.39 is 0 Å². The molecule has 0 fully saturated rings. The van der Waals surface area contributed by atoms with Gasteiger partial charge in [0.25, 0.3) is 0 Å². The first-order valence-corrected chi connectivity index (χ1v) is 5.54. The highest BCUT2D eigenvalue weighted by Crippen LogP contribution is 2.26. The third kappa shape index (κ3) is 3.42. The SMILES string of the molecule is Cc1cc(OC(C)CC(=N)N)cc(C)c1Cl. The summed E-state index contributed by atoms with van der Waals surface area (Å²) >= 11 is 6.06. The molecular formula is C12H17ClN2O. The lowest BCUT2D eigenvalue weighted by Gasteiger charge is -2.15. The highest BCUT2D eigenvalue weighted by Gasteiger charge is 2.08. The summed E-state index contributed by atoms with van der Waals surface area (Å²) in [4.78, 5) is 0. The summed E-state index contributed by atoms with van der Waals surface area (Å²) in [6, 6.07) is 3.79. The van der Waals surface area contributed by atoms with E-state index in [2.05, 4.69) is 0 Å².